The van der Waals surface area contributed by atoms with E-state index in [1.54, 1.807) is 0 Å². The Kier molecular flexibility index (Phi) is 2.41. The lowest BCUT2D eigenvalue weighted by atomic mass is 9.96. The number of ether oxygens (including phenoxy) is 1. The first-order valence-corrected chi connectivity index (χ1v) is 5.04. The number of aryl methyl sites for hydroxylation is 1. The monoisotopic (exact) mass is 187 g/mol. The molecule has 1 aromatic carbocycles. The van der Waals surface area contributed by atoms with Gasteiger partial charge >= 0.3 is 0 Å². The molecule has 72 valence electrons. The van der Waals surface area contributed by atoms with Crippen molar-refractivity contribution in [3.05, 3.63) is 28.8 Å². The van der Waals surface area contributed by atoms with Crippen LogP contribution in [0.4, 0.5) is 0 Å². The van der Waals surface area contributed by atoms with Gasteiger partial charge in [0.25, 0.3) is 0 Å². The van der Waals surface area contributed by atoms with Crippen molar-refractivity contribution in [2.45, 2.75) is 26.2 Å². The molecule has 0 unspecified atom stereocenters. The van der Waals surface area contributed by atoms with E-state index in [1.165, 1.54) is 5.56 Å². The van der Waals surface area contributed by atoms with Crippen molar-refractivity contribution in [3.63, 3.8) is 0 Å². The molecule has 2 rings (SSSR count). The van der Waals surface area contributed by atoms with E-state index in [4.69, 9.17) is 10.00 Å². The lowest BCUT2D eigenvalue weighted by Gasteiger charge is -2.20. The molecular formula is C12H13NO. The van der Waals surface area contributed by atoms with Crippen LogP contribution in [0.2, 0.25) is 0 Å². The highest BCUT2D eigenvalue weighted by atomic mass is 16.5. The molecule has 0 aliphatic carbocycles. The largest absolute Gasteiger partial charge is 0.493 e. The minimum atomic E-state index is 0.775. The van der Waals surface area contributed by atoms with Crippen LogP contribution in [0.25, 0.3) is 0 Å². The van der Waals surface area contributed by atoms with Crippen LogP contribution in [-0.2, 0) is 12.8 Å². The number of benzene rings is 1. The molecule has 0 fully saturated rings. The average Bonchev–Trinajstić information content (AvgIpc) is 2.27. The summed E-state index contributed by atoms with van der Waals surface area (Å²) < 4.78 is 5.64. The first-order chi connectivity index (χ1) is 6.86. The summed E-state index contributed by atoms with van der Waals surface area (Å²) in [5.74, 6) is 0.970. The van der Waals surface area contributed by atoms with Crippen molar-refractivity contribution in [2.24, 2.45) is 0 Å². The van der Waals surface area contributed by atoms with Crippen molar-refractivity contribution in [1.82, 2.24) is 0 Å². The third kappa shape index (κ3) is 1.35. The highest BCUT2D eigenvalue weighted by molar-refractivity contribution is 5.52. The molecule has 14 heavy (non-hydrogen) atoms. The maximum absolute atomic E-state index is 8.95. The Morgan fingerprint density at radius 2 is 2.36 bits per heavy atom. The molecule has 0 amide bonds. The van der Waals surface area contributed by atoms with E-state index in [2.05, 4.69) is 13.0 Å². The molecular weight excluding hydrogens is 174 g/mol. The number of nitriles is 1. The highest BCUT2D eigenvalue weighted by Crippen LogP contribution is 2.31. The Hall–Kier alpha value is -1.49. The average molecular weight is 187 g/mol. The van der Waals surface area contributed by atoms with Crippen LogP contribution in [0.1, 0.15) is 30.0 Å². The van der Waals surface area contributed by atoms with E-state index >= 15 is 0 Å². The van der Waals surface area contributed by atoms with Crippen molar-refractivity contribution in [3.8, 4) is 11.8 Å². The summed E-state index contributed by atoms with van der Waals surface area (Å²) in [5.41, 5.74) is 3.11. The van der Waals surface area contributed by atoms with Crippen molar-refractivity contribution >= 4 is 0 Å². The summed E-state index contributed by atoms with van der Waals surface area (Å²) in [7, 11) is 0. The van der Waals surface area contributed by atoms with Gasteiger partial charge < -0.3 is 4.74 Å². The molecule has 0 saturated carbocycles. The van der Waals surface area contributed by atoms with Crippen LogP contribution in [0.5, 0.6) is 5.75 Å². The highest BCUT2D eigenvalue weighted by Gasteiger charge is 2.17. The van der Waals surface area contributed by atoms with Gasteiger partial charge in [0.1, 0.15) is 5.75 Å². The van der Waals surface area contributed by atoms with Gasteiger partial charge in [0.15, 0.2) is 0 Å². The Morgan fingerprint density at radius 3 is 3.07 bits per heavy atom. The van der Waals surface area contributed by atoms with Gasteiger partial charge in [0.2, 0.25) is 0 Å². The van der Waals surface area contributed by atoms with E-state index in [1.807, 2.05) is 12.1 Å². The van der Waals surface area contributed by atoms with Gasteiger partial charge in [-0.2, -0.15) is 5.26 Å². The molecule has 2 heteroatoms. The van der Waals surface area contributed by atoms with Gasteiger partial charge in [-0.1, -0.05) is 13.0 Å². The topological polar surface area (TPSA) is 33.0 Å². The summed E-state index contributed by atoms with van der Waals surface area (Å²) in [4.78, 5) is 0. The van der Waals surface area contributed by atoms with E-state index in [0.717, 1.165) is 42.7 Å². The zero-order valence-corrected chi connectivity index (χ0v) is 8.34. The lowest BCUT2D eigenvalue weighted by molar-refractivity contribution is 0.285. The smallest absolute Gasteiger partial charge is 0.126 e. The number of hydrogen-bond donors (Lipinski definition) is 0. The Bertz CT molecular complexity index is 390. The first-order valence-electron chi connectivity index (χ1n) is 5.04. The molecule has 1 aromatic rings. The fourth-order valence-electron chi connectivity index (χ4n) is 1.91. The van der Waals surface area contributed by atoms with Crippen molar-refractivity contribution < 1.29 is 4.74 Å². The van der Waals surface area contributed by atoms with Crippen LogP contribution < -0.4 is 4.74 Å². The maximum atomic E-state index is 8.95. The minimum Gasteiger partial charge on any atom is -0.493 e. The molecule has 2 nitrogen and oxygen atoms in total. The summed E-state index contributed by atoms with van der Waals surface area (Å²) >= 11 is 0. The third-order valence-corrected chi connectivity index (χ3v) is 2.66. The number of hydrogen-bond acceptors (Lipinski definition) is 2. The van der Waals surface area contributed by atoms with Gasteiger partial charge in [-0.25, -0.2) is 0 Å². The van der Waals surface area contributed by atoms with Gasteiger partial charge in [-0.3, -0.25) is 0 Å². The number of fused-ring (bicyclic) bond motifs is 1. The number of rotatable bonds is 1. The zero-order chi connectivity index (χ0) is 9.97. The molecule has 1 heterocycles. The Balaban J connectivity index is 2.57. The molecule has 0 saturated heterocycles. The van der Waals surface area contributed by atoms with Gasteiger partial charge in [0.05, 0.1) is 18.2 Å². The minimum absolute atomic E-state index is 0.775. The van der Waals surface area contributed by atoms with E-state index in [0.29, 0.717) is 0 Å². The molecule has 1 aliphatic heterocycles. The second kappa shape index (κ2) is 3.71. The fraction of sp³-hybridized carbons (Fsp3) is 0.417. The van der Waals surface area contributed by atoms with Crippen molar-refractivity contribution in [2.75, 3.05) is 6.61 Å². The van der Waals surface area contributed by atoms with Gasteiger partial charge in [-0.05, 0) is 30.9 Å². The molecule has 0 radical (unpaired) electrons. The van der Waals surface area contributed by atoms with Crippen LogP contribution in [0.15, 0.2) is 12.1 Å². The van der Waals surface area contributed by atoms with E-state index in [9.17, 15) is 0 Å². The van der Waals surface area contributed by atoms with Crippen LogP contribution in [-0.4, -0.2) is 6.61 Å². The van der Waals surface area contributed by atoms with Crippen LogP contribution in [0, 0.1) is 11.3 Å². The zero-order valence-electron chi connectivity index (χ0n) is 8.34. The lowest BCUT2D eigenvalue weighted by Crippen LogP contribution is -2.11. The van der Waals surface area contributed by atoms with Gasteiger partial charge in [0, 0.05) is 5.56 Å². The van der Waals surface area contributed by atoms with E-state index < -0.39 is 0 Å². The molecule has 0 aromatic heterocycles. The summed E-state index contributed by atoms with van der Waals surface area (Å²) in [6.07, 6.45) is 2.97. The predicted molar refractivity (Wildman–Crippen MR) is 54.4 cm³/mol. The first kappa shape index (κ1) is 9.08. The molecule has 0 atom stereocenters. The predicted octanol–water partition coefficient (Wildman–Crippen LogP) is 2.45. The maximum Gasteiger partial charge on any atom is 0.126 e. The second-order valence-electron chi connectivity index (χ2n) is 3.50. The normalized spacial score (nSPS) is 14.0. The van der Waals surface area contributed by atoms with Crippen LogP contribution >= 0.6 is 0 Å². The Labute approximate surface area is 84.1 Å². The number of nitrogens with zero attached hydrogens (tertiary/aromatic N) is 1. The summed E-state index contributed by atoms with van der Waals surface area (Å²) in [5, 5.41) is 8.95. The van der Waals surface area contributed by atoms with E-state index in [-0.39, 0.29) is 0 Å². The van der Waals surface area contributed by atoms with Crippen molar-refractivity contribution in [1.29, 1.82) is 5.26 Å². The standard InChI is InChI=1S/C12H13NO/c1-2-9-5-6-10(8-13)11-4-3-7-14-12(9)11/h5-6H,2-4,7H2,1H3. The third-order valence-electron chi connectivity index (χ3n) is 2.66. The molecule has 0 N–H and O–H groups in total. The molecule has 0 spiro atoms. The Morgan fingerprint density at radius 1 is 1.50 bits per heavy atom. The molecule has 0 bridgehead atoms. The van der Waals surface area contributed by atoms with Gasteiger partial charge in [-0.15, -0.1) is 0 Å². The second-order valence-corrected chi connectivity index (χ2v) is 3.50. The summed E-state index contributed by atoms with van der Waals surface area (Å²) in [6, 6.07) is 6.14. The fourth-order valence-corrected chi connectivity index (χ4v) is 1.91. The quantitative estimate of drug-likeness (QED) is 0.676. The molecule has 1 aliphatic rings. The van der Waals surface area contributed by atoms with Crippen LogP contribution in [0.3, 0.4) is 0 Å². The summed E-state index contributed by atoms with van der Waals surface area (Å²) in [6.45, 7) is 2.90. The SMILES string of the molecule is CCc1ccc(C#N)c2c1OCCC2.